The van der Waals surface area contributed by atoms with Gasteiger partial charge in [0, 0.05) is 17.1 Å². The molecule has 0 aliphatic rings. The van der Waals surface area contributed by atoms with Crippen LogP contribution in [0.1, 0.15) is 11.3 Å². The summed E-state index contributed by atoms with van der Waals surface area (Å²) in [6.45, 7) is 7.74. The number of rotatable bonds is 0. The lowest BCUT2D eigenvalue weighted by atomic mass is 10.2. The molecule has 0 aromatic carbocycles. The zero-order chi connectivity index (χ0) is 8.43. The van der Waals surface area contributed by atoms with E-state index in [2.05, 4.69) is 11.6 Å². The standard InChI is InChI=1S/C9H12N2/c1-6-4-9(5-10)8(3)11-7(6)2/h4-5H,3,10H2,1-2H3/b9-5-. The second-order valence-electron chi connectivity index (χ2n) is 2.59. The first kappa shape index (κ1) is 7.79. The summed E-state index contributed by atoms with van der Waals surface area (Å²) in [6.07, 6.45) is 1.53. The van der Waals surface area contributed by atoms with Crippen molar-refractivity contribution in [3.05, 3.63) is 27.9 Å². The van der Waals surface area contributed by atoms with Gasteiger partial charge in [0.05, 0.1) is 5.35 Å². The highest BCUT2D eigenvalue weighted by Crippen LogP contribution is 1.93. The fraction of sp³-hybridized carbons (Fsp3) is 0.222. The van der Waals surface area contributed by atoms with Crippen molar-refractivity contribution < 1.29 is 0 Å². The van der Waals surface area contributed by atoms with Gasteiger partial charge in [-0.2, -0.15) is 0 Å². The lowest BCUT2D eigenvalue weighted by Crippen LogP contribution is -2.29. The highest BCUT2D eigenvalue weighted by atomic mass is 14.7. The minimum absolute atomic E-state index is 0.746. The second-order valence-corrected chi connectivity index (χ2v) is 2.59. The third-order valence-electron chi connectivity index (χ3n) is 1.76. The molecule has 11 heavy (non-hydrogen) atoms. The lowest BCUT2D eigenvalue weighted by molar-refractivity contribution is 1.09. The first-order chi connectivity index (χ1) is 5.15. The Bertz CT molecular complexity index is 366. The smallest absolute Gasteiger partial charge is 0.0648 e. The molecular formula is C9H12N2. The molecule has 0 bridgehead atoms. The average molecular weight is 148 g/mol. The maximum Gasteiger partial charge on any atom is 0.0648 e. The van der Waals surface area contributed by atoms with Gasteiger partial charge in [-0.3, -0.25) is 4.98 Å². The third kappa shape index (κ3) is 1.40. The van der Waals surface area contributed by atoms with Crippen LogP contribution in [-0.2, 0) is 0 Å². The van der Waals surface area contributed by atoms with E-state index in [1.54, 1.807) is 0 Å². The molecule has 0 aliphatic carbocycles. The Hall–Kier alpha value is -1.31. The maximum absolute atomic E-state index is 5.36. The fourth-order valence-corrected chi connectivity index (χ4v) is 0.920. The average Bonchev–Trinajstić information content (AvgIpc) is 1.97. The van der Waals surface area contributed by atoms with Gasteiger partial charge >= 0.3 is 0 Å². The molecule has 0 saturated carbocycles. The summed E-state index contributed by atoms with van der Waals surface area (Å²) in [5.74, 6) is 0. The molecule has 1 rings (SSSR count). The highest BCUT2D eigenvalue weighted by Gasteiger charge is 1.91. The van der Waals surface area contributed by atoms with E-state index in [1.807, 2.05) is 19.9 Å². The van der Waals surface area contributed by atoms with Crippen LogP contribution in [0.2, 0.25) is 0 Å². The highest BCUT2D eigenvalue weighted by molar-refractivity contribution is 5.26. The van der Waals surface area contributed by atoms with Gasteiger partial charge in [0.1, 0.15) is 0 Å². The fourth-order valence-electron chi connectivity index (χ4n) is 0.920. The number of nitrogens with two attached hydrogens (primary N) is 1. The van der Waals surface area contributed by atoms with E-state index >= 15 is 0 Å². The van der Waals surface area contributed by atoms with Gasteiger partial charge in [-0.15, -0.1) is 0 Å². The first-order valence-electron chi connectivity index (χ1n) is 3.50. The van der Waals surface area contributed by atoms with Gasteiger partial charge in [-0.25, -0.2) is 0 Å². The number of aryl methyl sites for hydroxylation is 2. The zero-order valence-corrected chi connectivity index (χ0v) is 6.89. The molecule has 0 radical (unpaired) electrons. The Kier molecular flexibility index (Phi) is 1.94. The summed E-state index contributed by atoms with van der Waals surface area (Å²) in [5, 5.41) is 1.66. The van der Waals surface area contributed by atoms with E-state index in [4.69, 9.17) is 5.73 Å². The van der Waals surface area contributed by atoms with Crippen LogP contribution in [0.25, 0.3) is 12.8 Å². The summed E-state index contributed by atoms with van der Waals surface area (Å²) < 4.78 is 0. The molecule has 2 nitrogen and oxygen atoms in total. The largest absolute Gasteiger partial charge is 0.404 e. The number of hydrogen-bond donors (Lipinski definition) is 1. The summed E-state index contributed by atoms with van der Waals surface area (Å²) in [7, 11) is 0. The van der Waals surface area contributed by atoms with Crippen LogP contribution in [0.5, 0.6) is 0 Å². The van der Waals surface area contributed by atoms with Crippen molar-refractivity contribution >= 4 is 12.8 Å². The maximum atomic E-state index is 5.36. The summed E-state index contributed by atoms with van der Waals surface area (Å²) in [4.78, 5) is 4.22. The molecule has 0 atom stereocenters. The van der Waals surface area contributed by atoms with Crippen LogP contribution < -0.4 is 16.3 Å². The summed E-state index contributed by atoms with van der Waals surface area (Å²) >= 11 is 0. The molecule has 0 unspecified atom stereocenters. The normalized spacial score (nSPS) is 12.0. The zero-order valence-electron chi connectivity index (χ0n) is 6.89. The van der Waals surface area contributed by atoms with Crippen LogP contribution in [0.15, 0.2) is 6.07 Å². The first-order valence-corrected chi connectivity index (χ1v) is 3.50. The number of aromatic nitrogens is 1. The molecule has 1 aromatic rings. The van der Waals surface area contributed by atoms with Crippen LogP contribution in [0.4, 0.5) is 0 Å². The Morgan fingerprint density at radius 3 is 2.73 bits per heavy atom. The van der Waals surface area contributed by atoms with Gasteiger partial charge in [-0.05, 0) is 25.5 Å². The number of pyridine rings is 1. The van der Waals surface area contributed by atoms with Gasteiger partial charge < -0.3 is 5.73 Å². The molecule has 0 fully saturated rings. The monoisotopic (exact) mass is 148 g/mol. The molecule has 0 aliphatic heterocycles. The van der Waals surface area contributed by atoms with Crippen molar-refractivity contribution in [1.82, 2.24) is 4.98 Å². The molecule has 0 saturated heterocycles. The molecule has 2 N–H and O–H groups in total. The SMILES string of the molecule is C=c1nc(C)c(C)c/c1=C/N. The summed E-state index contributed by atoms with van der Waals surface area (Å²) in [5.41, 5.74) is 7.53. The number of nitrogens with zero attached hydrogens (tertiary/aromatic N) is 1. The lowest BCUT2D eigenvalue weighted by Gasteiger charge is -1.96. The summed E-state index contributed by atoms with van der Waals surface area (Å²) in [6, 6.07) is 1.99. The molecule has 58 valence electrons. The molecule has 0 spiro atoms. The third-order valence-corrected chi connectivity index (χ3v) is 1.76. The quantitative estimate of drug-likeness (QED) is 0.553. The Morgan fingerprint density at radius 1 is 1.55 bits per heavy atom. The topological polar surface area (TPSA) is 38.9 Å². The van der Waals surface area contributed by atoms with E-state index in [1.165, 1.54) is 6.20 Å². The van der Waals surface area contributed by atoms with Gasteiger partial charge in [0.2, 0.25) is 0 Å². The van der Waals surface area contributed by atoms with Gasteiger partial charge in [-0.1, -0.05) is 6.58 Å². The van der Waals surface area contributed by atoms with Crippen molar-refractivity contribution in [2.75, 3.05) is 0 Å². The van der Waals surface area contributed by atoms with E-state index in [9.17, 15) is 0 Å². The van der Waals surface area contributed by atoms with Crippen molar-refractivity contribution in [1.29, 1.82) is 0 Å². The van der Waals surface area contributed by atoms with Crippen LogP contribution >= 0.6 is 0 Å². The van der Waals surface area contributed by atoms with E-state index in [0.29, 0.717) is 0 Å². The molecule has 1 heterocycles. The molecule has 1 aromatic heterocycles. The number of hydrogen-bond acceptors (Lipinski definition) is 2. The van der Waals surface area contributed by atoms with Gasteiger partial charge in [0.15, 0.2) is 0 Å². The van der Waals surface area contributed by atoms with Crippen LogP contribution in [0.3, 0.4) is 0 Å². The second kappa shape index (κ2) is 2.74. The van der Waals surface area contributed by atoms with E-state index < -0.39 is 0 Å². The predicted molar refractivity (Wildman–Crippen MR) is 47.1 cm³/mol. The molecular weight excluding hydrogens is 136 g/mol. The van der Waals surface area contributed by atoms with Crippen molar-refractivity contribution in [2.45, 2.75) is 13.8 Å². The van der Waals surface area contributed by atoms with Gasteiger partial charge in [0.25, 0.3) is 0 Å². The minimum Gasteiger partial charge on any atom is -0.404 e. The van der Waals surface area contributed by atoms with Crippen molar-refractivity contribution in [3.8, 4) is 0 Å². The van der Waals surface area contributed by atoms with Crippen molar-refractivity contribution in [3.63, 3.8) is 0 Å². The van der Waals surface area contributed by atoms with E-state index in [0.717, 1.165) is 21.8 Å². The van der Waals surface area contributed by atoms with Crippen molar-refractivity contribution in [2.24, 2.45) is 5.73 Å². The molecule has 0 amide bonds. The Morgan fingerprint density at radius 2 is 2.18 bits per heavy atom. The van der Waals surface area contributed by atoms with E-state index in [-0.39, 0.29) is 0 Å². The Labute approximate surface area is 66.1 Å². The Balaban J connectivity index is 3.59. The van der Waals surface area contributed by atoms with Crippen LogP contribution in [-0.4, -0.2) is 4.98 Å². The predicted octanol–water partition coefficient (Wildman–Crippen LogP) is -0.195. The minimum atomic E-state index is 0.746. The molecule has 2 heteroatoms. The van der Waals surface area contributed by atoms with Crippen LogP contribution in [0, 0.1) is 13.8 Å².